The Balaban J connectivity index is 1.91. The summed E-state index contributed by atoms with van der Waals surface area (Å²) in [5, 5.41) is 12.0. The van der Waals surface area contributed by atoms with Crippen LogP contribution in [0.1, 0.15) is 22.3 Å². The first-order valence-electron chi connectivity index (χ1n) is 6.92. The number of hydrogen-bond donors (Lipinski definition) is 2. The Labute approximate surface area is 120 Å². The van der Waals surface area contributed by atoms with E-state index < -0.39 is 0 Å². The summed E-state index contributed by atoms with van der Waals surface area (Å²) < 4.78 is 0. The van der Waals surface area contributed by atoms with Crippen molar-refractivity contribution in [2.24, 2.45) is 5.92 Å². The van der Waals surface area contributed by atoms with Gasteiger partial charge in [-0.2, -0.15) is 0 Å². The van der Waals surface area contributed by atoms with Crippen molar-refractivity contribution in [1.29, 1.82) is 0 Å². The van der Waals surface area contributed by atoms with Gasteiger partial charge in [0.2, 0.25) is 0 Å². The summed E-state index contributed by atoms with van der Waals surface area (Å²) in [6.45, 7) is 1.01. The van der Waals surface area contributed by atoms with Gasteiger partial charge in [-0.15, -0.1) is 0 Å². The molecule has 0 unspecified atom stereocenters. The summed E-state index contributed by atoms with van der Waals surface area (Å²) in [4.78, 5) is 14.2. The Morgan fingerprint density at radius 1 is 1.30 bits per heavy atom. The van der Waals surface area contributed by atoms with Gasteiger partial charge in [0.05, 0.1) is 0 Å². The van der Waals surface area contributed by atoms with E-state index in [1.807, 2.05) is 50.5 Å². The second-order valence-electron chi connectivity index (χ2n) is 5.58. The van der Waals surface area contributed by atoms with Gasteiger partial charge < -0.3 is 15.3 Å². The third-order valence-corrected chi connectivity index (χ3v) is 3.44. The number of aliphatic hydroxyl groups excluding tert-OH is 1. The van der Waals surface area contributed by atoms with E-state index in [-0.39, 0.29) is 24.5 Å². The zero-order valence-electron chi connectivity index (χ0n) is 12.0. The molecule has 2 atom stereocenters. The molecule has 4 heteroatoms. The summed E-state index contributed by atoms with van der Waals surface area (Å²) in [6, 6.07) is 7.71. The minimum Gasteiger partial charge on any atom is -0.396 e. The van der Waals surface area contributed by atoms with Gasteiger partial charge in [-0.25, -0.2) is 0 Å². The van der Waals surface area contributed by atoms with Crippen molar-refractivity contribution in [2.75, 3.05) is 20.7 Å². The fraction of sp³-hybridized carbons (Fsp3) is 0.438. The van der Waals surface area contributed by atoms with E-state index in [0.717, 1.165) is 13.0 Å². The normalized spacial score (nSPS) is 21.4. The minimum atomic E-state index is -0.0605. The molecule has 0 saturated carbocycles. The van der Waals surface area contributed by atoms with Crippen LogP contribution < -0.4 is 5.32 Å². The van der Waals surface area contributed by atoms with Crippen LogP contribution in [0.4, 0.5) is 0 Å². The topological polar surface area (TPSA) is 52.6 Å². The van der Waals surface area contributed by atoms with Crippen LogP contribution in [0.3, 0.4) is 0 Å². The average molecular weight is 274 g/mol. The predicted octanol–water partition coefficient (Wildman–Crippen LogP) is 1.41. The fourth-order valence-electron chi connectivity index (χ4n) is 2.40. The summed E-state index contributed by atoms with van der Waals surface area (Å²) in [7, 11) is 4.04. The molecule has 4 nitrogen and oxygen atoms in total. The fourth-order valence-corrected chi connectivity index (χ4v) is 2.40. The highest BCUT2D eigenvalue weighted by atomic mass is 16.3. The summed E-state index contributed by atoms with van der Waals surface area (Å²) in [5.74, 6) is 0.109. The summed E-state index contributed by atoms with van der Waals surface area (Å²) >= 11 is 0. The molecule has 20 heavy (non-hydrogen) atoms. The number of amides is 1. The third-order valence-electron chi connectivity index (χ3n) is 3.44. The van der Waals surface area contributed by atoms with E-state index in [9.17, 15) is 4.79 Å². The van der Waals surface area contributed by atoms with Crippen LogP contribution in [0.5, 0.6) is 0 Å². The van der Waals surface area contributed by atoms with E-state index in [0.29, 0.717) is 5.56 Å². The molecular weight excluding hydrogens is 252 g/mol. The van der Waals surface area contributed by atoms with Gasteiger partial charge >= 0.3 is 0 Å². The molecule has 1 aromatic carbocycles. The third kappa shape index (κ3) is 3.92. The molecule has 1 amide bonds. The zero-order valence-corrected chi connectivity index (χ0v) is 12.0. The number of nitrogens with zero attached hydrogens (tertiary/aromatic N) is 1. The molecular formula is C16H22N2O2. The maximum Gasteiger partial charge on any atom is 0.251 e. The smallest absolute Gasteiger partial charge is 0.251 e. The minimum absolute atomic E-state index is 0.0288. The Kier molecular flexibility index (Phi) is 4.93. The molecule has 2 rings (SSSR count). The van der Waals surface area contributed by atoms with Crippen LogP contribution in [0.25, 0.3) is 0 Å². The Bertz CT molecular complexity index is 480. The molecule has 1 aromatic rings. The van der Waals surface area contributed by atoms with Crippen LogP contribution in [-0.4, -0.2) is 42.7 Å². The molecule has 2 N–H and O–H groups in total. The maximum atomic E-state index is 12.1. The van der Waals surface area contributed by atoms with Crippen molar-refractivity contribution >= 4 is 5.91 Å². The molecule has 0 aromatic heterocycles. The van der Waals surface area contributed by atoms with Gasteiger partial charge in [0.15, 0.2) is 0 Å². The molecule has 0 bridgehead atoms. The SMILES string of the molecule is CN(C)Cc1ccc(C(=O)N[C@@H]2C=C[C@H](CO)C2)cc1. The summed E-state index contributed by atoms with van der Waals surface area (Å²) in [6.07, 6.45) is 4.70. The Morgan fingerprint density at radius 3 is 2.55 bits per heavy atom. The number of carbonyl (C=O) groups excluding carboxylic acids is 1. The van der Waals surface area contributed by atoms with Crippen molar-refractivity contribution in [1.82, 2.24) is 10.2 Å². The predicted molar refractivity (Wildman–Crippen MR) is 79.4 cm³/mol. The van der Waals surface area contributed by atoms with Crippen molar-refractivity contribution < 1.29 is 9.90 Å². The van der Waals surface area contributed by atoms with Crippen molar-refractivity contribution in [3.8, 4) is 0 Å². The quantitative estimate of drug-likeness (QED) is 0.798. The van der Waals surface area contributed by atoms with Crippen LogP contribution in [0.15, 0.2) is 36.4 Å². The van der Waals surface area contributed by atoms with Crippen molar-refractivity contribution in [2.45, 2.75) is 19.0 Å². The first-order valence-corrected chi connectivity index (χ1v) is 6.92. The van der Waals surface area contributed by atoms with E-state index in [2.05, 4.69) is 10.2 Å². The van der Waals surface area contributed by atoms with Gasteiger partial charge in [0.25, 0.3) is 5.91 Å². The van der Waals surface area contributed by atoms with Crippen molar-refractivity contribution in [3.63, 3.8) is 0 Å². The van der Waals surface area contributed by atoms with E-state index in [1.54, 1.807) is 0 Å². The average Bonchev–Trinajstić information content (AvgIpc) is 2.86. The molecule has 0 radical (unpaired) electrons. The number of benzene rings is 1. The van der Waals surface area contributed by atoms with Crippen LogP contribution in [0.2, 0.25) is 0 Å². The first kappa shape index (κ1) is 14.8. The van der Waals surface area contributed by atoms with E-state index >= 15 is 0 Å². The number of carbonyl (C=O) groups is 1. The van der Waals surface area contributed by atoms with Gasteiger partial charge in [0, 0.05) is 30.7 Å². The number of nitrogens with one attached hydrogen (secondary N) is 1. The lowest BCUT2D eigenvalue weighted by Gasteiger charge is -2.13. The van der Waals surface area contributed by atoms with Crippen molar-refractivity contribution in [3.05, 3.63) is 47.5 Å². The number of rotatable bonds is 5. The van der Waals surface area contributed by atoms with Gasteiger partial charge in [-0.1, -0.05) is 24.3 Å². The second kappa shape index (κ2) is 6.68. The zero-order chi connectivity index (χ0) is 14.5. The Morgan fingerprint density at radius 2 is 2.00 bits per heavy atom. The van der Waals surface area contributed by atoms with Crippen LogP contribution in [-0.2, 0) is 6.54 Å². The molecule has 0 aliphatic heterocycles. The highest BCUT2D eigenvalue weighted by Gasteiger charge is 2.20. The standard InChI is InChI=1S/C16H22N2O2/c1-18(2)10-12-3-6-14(7-4-12)16(20)17-15-8-5-13(9-15)11-19/h3-8,13,15,19H,9-11H2,1-2H3,(H,17,20)/t13-,15+/m0/s1. The molecule has 0 fully saturated rings. The summed E-state index contributed by atoms with van der Waals surface area (Å²) in [5.41, 5.74) is 1.86. The number of aliphatic hydroxyl groups is 1. The second-order valence-corrected chi connectivity index (χ2v) is 5.58. The molecule has 1 aliphatic rings. The van der Waals surface area contributed by atoms with Crippen LogP contribution >= 0.6 is 0 Å². The lowest BCUT2D eigenvalue weighted by molar-refractivity contribution is 0.0941. The molecule has 0 heterocycles. The first-order chi connectivity index (χ1) is 9.58. The molecule has 0 saturated heterocycles. The lowest BCUT2D eigenvalue weighted by atomic mass is 10.1. The van der Waals surface area contributed by atoms with E-state index in [4.69, 9.17) is 5.11 Å². The van der Waals surface area contributed by atoms with Gasteiger partial charge in [-0.05, 0) is 38.2 Å². The van der Waals surface area contributed by atoms with Gasteiger partial charge in [-0.3, -0.25) is 4.79 Å². The molecule has 0 spiro atoms. The van der Waals surface area contributed by atoms with Crippen LogP contribution in [0, 0.1) is 5.92 Å². The largest absolute Gasteiger partial charge is 0.396 e. The lowest BCUT2D eigenvalue weighted by Crippen LogP contribution is -2.32. The molecule has 108 valence electrons. The molecule has 1 aliphatic carbocycles. The Hall–Kier alpha value is -1.65. The van der Waals surface area contributed by atoms with Gasteiger partial charge in [0.1, 0.15) is 0 Å². The number of hydrogen-bond acceptors (Lipinski definition) is 3. The maximum absolute atomic E-state index is 12.1. The van der Waals surface area contributed by atoms with E-state index in [1.165, 1.54) is 5.56 Å². The highest BCUT2D eigenvalue weighted by Crippen LogP contribution is 2.17. The monoisotopic (exact) mass is 274 g/mol. The highest BCUT2D eigenvalue weighted by molar-refractivity contribution is 5.94.